The molecule has 9 nitrogen and oxygen atoms in total. The highest BCUT2D eigenvalue weighted by molar-refractivity contribution is 6.01. The van der Waals surface area contributed by atoms with Crippen molar-refractivity contribution in [2.75, 3.05) is 4.90 Å². The highest BCUT2D eigenvalue weighted by Crippen LogP contribution is 2.37. The van der Waals surface area contributed by atoms with E-state index in [9.17, 15) is 27.2 Å². The van der Waals surface area contributed by atoms with E-state index in [1.54, 1.807) is 26.0 Å². The predicted octanol–water partition coefficient (Wildman–Crippen LogP) is 4.53. The Bertz CT molecular complexity index is 1450. The van der Waals surface area contributed by atoms with Crippen molar-refractivity contribution in [3.05, 3.63) is 83.4 Å². The first-order valence-electron chi connectivity index (χ1n) is 11.9. The van der Waals surface area contributed by atoms with Crippen molar-refractivity contribution < 1.29 is 31.6 Å². The van der Waals surface area contributed by atoms with E-state index < -0.39 is 47.6 Å². The fourth-order valence-corrected chi connectivity index (χ4v) is 3.95. The first-order valence-corrected chi connectivity index (χ1v) is 11.9. The summed E-state index contributed by atoms with van der Waals surface area (Å²) in [5, 5.41) is 14.4. The summed E-state index contributed by atoms with van der Waals surface area (Å²) in [5.41, 5.74) is -0.997. The average Bonchev–Trinajstić information content (AvgIpc) is 3.55. The highest BCUT2D eigenvalue weighted by atomic mass is 19.4. The molecule has 204 valence electrons. The van der Waals surface area contributed by atoms with Crippen LogP contribution < -0.4 is 10.2 Å². The normalized spacial score (nSPS) is 12.3. The van der Waals surface area contributed by atoms with Crippen LogP contribution in [0.15, 0.2) is 65.1 Å². The van der Waals surface area contributed by atoms with Crippen LogP contribution in [0, 0.1) is 12.7 Å². The van der Waals surface area contributed by atoms with Gasteiger partial charge in [-0.05, 0) is 60.5 Å². The molecule has 1 atom stereocenters. The van der Waals surface area contributed by atoms with Crippen LogP contribution in [0.5, 0.6) is 0 Å². The van der Waals surface area contributed by atoms with Gasteiger partial charge in [-0.2, -0.15) is 18.0 Å². The topological polar surface area (TPSA) is 106 Å². The second-order valence-corrected chi connectivity index (χ2v) is 8.60. The van der Waals surface area contributed by atoms with Crippen LogP contribution in [0.1, 0.15) is 30.2 Å². The van der Waals surface area contributed by atoms with Gasteiger partial charge in [0, 0.05) is 6.54 Å². The molecular formula is C26H24F4N6O3. The Labute approximate surface area is 220 Å². The van der Waals surface area contributed by atoms with Gasteiger partial charge in [-0.15, -0.1) is 10.2 Å². The van der Waals surface area contributed by atoms with E-state index in [4.69, 9.17) is 4.42 Å². The number of carbonyl (C=O) groups is 2. The molecule has 2 aromatic heterocycles. The van der Waals surface area contributed by atoms with Crippen molar-refractivity contribution in [1.29, 1.82) is 0 Å². The third-order valence-corrected chi connectivity index (χ3v) is 5.81. The largest absolute Gasteiger partial charge is 0.458 e. The maximum absolute atomic E-state index is 13.9. The van der Waals surface area contributed by atoms with Crippen LogP contribution in [-0.2, 0) is 28.9 Å². The SMILES string of the molecule is CCC(C(=O)NCc1ccc(F)cc1)N(C(=O)Cn1nnc(-c2ccc(C)o2)n1)c1ccccc1C(F)(F)F. The summed E-state index contributed by atoms with van der Waals surface area (Å²) in [7, 11) is 0. The maximum Gasteiger partial charge on any atom is 0.418 e. The second-order valence-electron chi connectivity index (χ2n) is 8.60. The van der Waals surface area contributed by atoms with E-state index in [0.717, 1.165) is 21.8 Å². The number of nitrogens with one attached hydrogen (secondary N) is 1. The predicted molar refractivity (Wildman–Crippen MR) is 132 cm³/mol. The molecule has 0 aliphatic carbocycles. The Balaban J connectivity index is 1.64. The molecule has 13 heteroatoms. The molecule has 4 rings (SSSR count). The van der Waals surface area contributed by atoms with E-state index in [1.807, 2.05) is 0 Å². The molecule has 0 saturated heterocycles. The Hall–Kier alpha value is -4.55. The number of hydrogen-bond acceptors (Lipinski definition) is 6. The van der Waals surface area contributed by atoms with Crippen molar-refractivity contribution >= 4 is 17.5 Å². The molecule has 0 aliphatic heterocycles. The number of rotatable bonds is 9. The van der Waals surface area contributed by atoms with Crippen LogP contribution in [0.25, 0.3) is 11.6 Å². The van der Waals surface area contributed by atoms with Gasteiger partial charge in [0.1, 0.15) is 24.2 Å². The minimum atomic E-state index is -4.80. The van der Waals surface area contributed by atoms with Crippen molar-refractivity contribution in [2.24, 2.45) is 0 Å². The number of alkyl halides is 3. The number of para-hydroxylation sites is 1. The smallest absolute Gasteiger partial charge is 0.418 e. The molecule has 39 heavy (non-hydrogen) atoms. The van der Waals surface area contributed by atoms with E-state index in [-0.39, 0.29) is 18.8 Å². The Morgan fingerprint density at radius 1 is 1.08 bits per heavy atom. The maximum atomic E-state index is 13.9. The lowest BCUT2D eigenvalue weighted by Crippen LogP contribution is -2.51. The van der Waals surface area contributed by atoms with Crippen molar-refractivity contribution in [1.82, 2.24) is 25.5 Å². The van der Waals surface area contributed by atoms with Crippen LogP contribution >= 0.6 is 0 Å². The Kier molecular flexibility index (Phi) is 8.07. The number of furan rings is 1. The number of nitrogens with zero attached hydrogens (tertiary/aromatic N) is 5. The van der Waals surface area contributed by atoms with Gasteiger partial charge in [-0.1, -0.05) is 31.2 Å². The first-order chi connectivity index (χ1) is 18.6. The Morgan fingerprint density at radius 2 is 1.79 bits per heavy atom. The fourth-order valence-electron chi connectivity index (χ4n) is 3.95. The lowest BCUT2D eigenvalue weighted by molar-refractivity contribution is -0.137. The summed E-state index contributed by atoms with van der Waals surface area (Å²) in [4.78, 5) is 28.5. The lowest BCUT2D eigenvalue weighted by Gasteiger charge is -2.32. The van der Waals surface area contributed by atoms with Crippen molar-refractivity contribution in [2.45, 2.75) is 45.6 Å². The monoisotopic (exact) mass is 544 g/mol. The van der Waals surface area contributed by atoms with Gasteiger partial charge in [0.2, 0.25) is 11.7 Å². The molecule has 2 heterocycles. The summed E-state index contributed by atoms with van der Waals surface area (Å²) < 4.78 is 60.5. The van der Waals surface area contributed by atoms with Crippen LogP contribution in [0.4, 0.5) is 23.2 Å². The number of halogens is 4. The van der Waals surface area contributed by atoms with Crippen LogP contribution in [0.3, 0.4) is 0 Å². The zero-order valence-electron chi connectivity index (χ0n) is 20.9. The summed E-state index contributed by atoms with van der Waals surface area (Å²) in [6.45, 7) is 2.68. The van der Waals surface area contributed by atoms with Crippen molar-refractivity contribution in [3.8, 4) is 11.6 Å². The first kappa shape index (κ1) is 27.5. The molecule has 0 fully saturated rings. The number of benzene rings is 2. The van der Waals surface area contributed by atoms with E-state index in [0.29, 0.717) is 17.1 Å². The van der Waals surface area contributed by atoms with Gasteiger partial charge >= 0.3 is 6.18 Å². The molecule has 2 aromatic carbocycles. The number of carbonyl (C=O) groups excluding carboxylic acids is 2. The number of anilines is 1. The standard InChI is InChI=1S/C26H24F4N6O3/c1-3-20(25(38)31-14-17-9-11-18(27)12-10-17)36(21-7-5-4-6-19(21)26(28,29)30)23(37)15-35-33-24(32-34-35)22-13-8-16(2)39-22/h4-13,20H,3,14-15H2,1-2H3,(H,31,38). The molecule has 2 amide bonds. The van der Waals surface area contributed by atoms with Gasteiger partial charge in [0.15, 0.2) is 5.76 Å². The van der Waals surface area contributed by atoms with Gasteiger partial charge in [0.05, 0.1) is 11.3 Å². The van der Waals surface area contributed by atoms with Crippen molar-refractivity contribution in [3.63, 3.8) is 0 Å². The number of amides is 2. The number of hydrogen-bond donors (Lipinski definition) is 1. The van der Waals surface area contributed by atoms with E-state index in [1.165, 1.54) is 36.4 Å². The summed E-state index contributed by atoms with van der Waals surface area (Å²) in [6, 6.07) is 11.9. The summed E-state index contributed by atoms with van der Waals surface area (Å²) in [6.07, 6.45) is -4.80. The molecule has 1 unspecified atom stereocenters. The molecule has 0 aliphatic rings. The minimum Gasteiger partial charge on any atom is -0.458 e. The van der Waals surface area contributed by atoms with E-state index >= 15 is 0 Å². The quantitative estimate of drug-likeness (QED) is 0.311. The van der Waals surface area contributed by atoms with Gasteiger partial charge in [0.25, 0.3) is 5.91 Å². The lowest BCUT2D eigenvalue weighted by atomic mass is 10.1. The number of aromatic nitrogens is 4. The second kappa shape index (κ2) is 11.5. The molecule has 4 aromatic rings. The van der Waals surface area contributed by atoms with Gasteiger partial charge in [-0.25, -0.2) is 4.39 Å². The average molecular weight is 545 g/mol. The molecule has 0 saturated carbocycles. The highest BCUT2D eigenvalue weighted by Gasteiger charge is 2.39. The van der Waals surface area contributed by atoms with Crippen LogP contribution in [0.2, 0.25) is 0 Å². The molecule has 1 N–H and O–H groups in total. The van der Waals surface area contributed by atoms with Crippen LogP contribution in [-0.4, -0.2) is 38.1 Å². The third kappa shape index (κ3) is 6.48. The zero-order chi connectivity index (χ0) is 28.2. The molecule has 0 radical (unpaired) electrons. The Morgan fingerprint density at radius 3 is 2.44 bits per heavy atom. The van der Waals surface area contributed by atoms with E-state index in [2.05, 4.69) is 20.7 Å². The zero-order valence-corrected chi connectivity index (χ0v) is 20.9. The fraction of sp³-hybridized carbons (Fsp3) is 0.269. The number of aryl methyl sites for hydroxylation is 1. The third-order valence-electron chi connectivity index (χ3n) is 5.81. The van der Waals surface area contributed by atoms with Gasteiger partial charge < -0.3 is 9.73 Å². The van der Waals surface area contributed by atoms with Gasteiger partial charge in [-0.3, -0.25) is 14.5 Å². The minimum absolute atomic E-state index is 0.00507. The summed E-state index contributed by atoms with van der Waals surface area (Å²) in [5.74, 6) is -1.02. The molecular weight excluding hydrogens is 520 g/mol. The number of tetrazole rings is 1. The molecule has 0 spiro atoms. The molecule has 0 bridgehead atoms. The summed E-state index contributed by atoms with van der Waals surface area (Å²) >= 11 is 0.